The molecule has 24 heavy (non-hydrogen) atoms. The monoisotopic (exact) mass is 355 g/mol. The van der Waals surface area contributed by atoms with Gasteiger partial charge in [-0.1, -0.05) is 54.6 Å². The molecule has 3 aromatic carbocycles. The summed E-state index contributed by atoms with van der Waals surface area (Å²) in [5.74, 6) is 2.16. The van der Waals surface area contributed by atoms with Gasteiger partial charge < -0.3 is 13.6 Å². The highest BCUT2D eigenvalue weighted by molar-refractivity contribution is 7.51. The maximum atomic E-state index is 5.85. The van der Waals surface area contributed by atoms with Crippen LogP contribution in [0.2, 0.25) is 0 Å². The van der Waals surface area contributed by atoms with Crippen molar-refractivity contribution in [1.82, 2.24) is 0 Å². The molecule has 3 aromatic rings. The van der Waals surface area contributed by atoms with Crippen molar-refractivity contribution in [2.45, 2.75) is 0 Å². The Balaban J connectivity index is 1.69. The van der Waals surface area contributed by atoms with Crippen molar-refractivity contribution in [3.8, 4) is 17.2 Å². The highest BCUT2D eigenvalue weighted by Gasteiger charge is 2.14. The molecule has 0 heterocycles. The Bertz CT molecular complexity index is 713. The number of benzene rings is 3. The van der Waals surface area contributed by atoms with Crippen molar-refractivity contribution in [2.75, 3.05) is 0 Å². The van der Waals surface area contributed by atoms with Gasteiger partial charge in [0.15, 0.2) is 0 Å². The lowest BCUT2D eigenvalue weighted by Crippen LogP contribution is -1.92. The molecule has 0 aliphatic heterocycles. The molecule has 0 bridgehead atoms. The zero-order valence-corrected chi connectivity index (χ0v) is 14.5. The van der Waals surface area contributed by atoms with Crippen molar-refractivity contribution in [3.63, 3.8) is 0 Å². The van der Waals surface area contributed by atoms with Crippen LogP contribution in [0, 0.1) is 0 Å². The SMILES string of the molecule is c1ccc(OP=NP(Oc2ccccc2)Oc2ccccc2)cc1. The van der Waals surface area contributed by atoms with E-state index in [1.165, 1.54) is 0 Å². The van der Waals surface area contributed by atoms with E-state index in [0.29, 0.717) is 20.1 Å². The standard InChI is InChI=1S/C18H15NO3P2/c1-4-10-16(11-5-1)20-23-19-24(21-17-12-6-2-7-13-17)22-18-14-8-3-9-15-18/h1-15H. The van der Waals surface area contributed by atoms with E-state index in [1.54, 1.807) is 0 Å². The lowest BCUT2D eigenvalue weighted by molar-refractivity contribution is 0.491. The van der Waals surface area contributed by atoms with Gasteiger partial charge in [0.1, 0.15) is 17.2 Å². The van der Waals surface area contributed by atoms with Crippen LogP contribution in [0.25, 0.3) is 0 Å². The average Bonchev–Trinajstić information content (AvgIpc) is 2.64. The molecule has 4 nitrogen and oxygen atoms in total. The van der Waals surface area contributed by atoms with Gasteiger partial charge in [-0.2, -0.15) is 0 Å². The van der Waals surface area contributed by atoms with Gasteiger partial charge in [0.25, 0.3) is 8.60 Å². The van der Waals surface area contributed by atoms with E-state index in [2.05, 4.69) is 4.52 Å². The molecule has 0 aromatic heterocycles. The number of hydrogen-bond acceptors (Lipinski definition) is 4. The Kier molecular flexibility index (Phi) is 6.18. The molecule has 0 fully saturated rings. The van der Waals surface area contributed by atoms with Crippen LogP contribution in [0.5, 0.6) is 17.2 Å². The minimum Gasteiger partial charge on any atom is -0.423 e. The van der Waals surface area contributed by atoms with Crippen LogP contribution in [0.4, 0.5) is 0 Å². The molecule has 120 valence electrons. The first kappa shape index (κ1) is 16.4. The van der Waals surface area contributed by atoms with Crippen LogP contribution in [-0.4, -0.2) is 0 Å². The zero-order chi connectivity index (χ0) is 16.5. The Morgan fingerprint density at radius 3 is 1.46 bits per heavy atom. The lowest BCUT2D eigenvalue weighted by atomic mass is 10.3. The van der Waals surface area contributed by atoms with E-state index >= 15 is 0 Å². The largest absolute Gasteiger partial charge is 0.444 e. The molecular formula is C18H15NO3P2. The van der Waals surface area contributed by atoms with Crippen molar-refractivity contribution in [1.29, 1.82) is 0 Å². The Hall–Kier alpha value is -2.41. The molecule has 6 heteroatoms. The van der Waals surface area contributed by atoms with Gasteiger partial charge in [-0.3, -0.25) is 0 Å². The Labute approximate surface area is 144 Å². The first-order valence-electron chi connectivity index (χ1n) is 7.29. The van der Waals surface area contributed by atoms with Crippen LogP contribution < -0.4 is 13.6 Å². The van der Waals surface area contributed by atoms with Gasteiger partial charge in [-0.25, -0.2) is 0 Å². The van der Waals surface area contributed by atoms with Crippen LogP contribution in [0.1, 0.15) is 0 Å². The maximum absolute atomic E-state index is 5.85. The fourth-order valence-corrected chi connectivity index (χ4v) is 3.31. The van der Waals surface area contributed by atoms with Crippen molar-refractivity contribution >= 4 is 17.1 Å². The van der Waals surface area contributed by atoms with Crippen LogP contribution in [-0.2, 0) is 0 Å². The number of rotatable bonds is 7. The fraction of sp³-hybridized carbons (Fsp3) is 0. The van der Waals surface area contributed by atoms with E-state index < -0.39 is 8.53 Å². The highest BCUT2D eigenvalue weighted by atomic mass is 31.2. The molecule has 0 saturated heterocycles. The van der Waals surface area contributed by atoms with Crippen LogP contribution >= 0.6 is 17.1 Å². The quantitative estimate of drug-likeness (QED) is 0.455. The molecule has 0 aliphatic rings. The third-order valence-electron chi connectivity index (χ3n) is 2.85. The second kappa shape index (κ2) is 9.02. The van der Waals surface area contributed by atoms with E-state index in [0.717, 1.165) is 5.75 Å². The summed E-state index contributed by atoms with van der Waals surface area (Å²) in [5, 5.41) is 0. The molecule has 0 amide bonds. The number of nitrogens with zero attached hydrogens (tertiary/aromatic N) is 1. The van der Waals surface area contributed by atoms with Gasteiger partial charge in [0.05, 0.1) is 0 Å². The predicted molar refractivity (Wildman–Crippen MR) is 97.5 cm³/mol. The first-order valence-corrected chi connectivity index (χ1v) is 9.19. The summed E-state index contributed by atoms with van der Waals surface area (Å²) in [7, 11) is -1.09. The Morgan fingerprint density at radius 1 is 0.583 bits per heavy atom. The summed E-state index contributed by atoms with van der Waals surface area (Å²) in [4.78, 5) is 0. The molecule has 3 rings (SSSR count). The van der Waals surface area contributed by atoms with Gasteiger partial charge >= 0.3 is 8.53 Å². The summed E-state index contributed by atoms with van der Waals surface area (Å²) < 4.78 is 21.6. The average molecular weight is 355 g/mol. The van der Waals surface area contributed by atoms with Crippen LogP contribution in [0.15, 0.2) is 95.5 Å². The third kappa shape index (κ3) is 5.34. The second-order valence-corrected chi connectivity index (χ2v) is 6.52. The summed E-state index contributed by atoms with van der Waals surface area (Å²) in [6.45, 7) is 0. The van der Waals surface area contributed by atoms with Gasteiger partial charge in [-0.15, -0.1) is 4.52 Å². The van der Waals surface area contributed by atoms with Crippen molar-refractivity contribution in [2.24, 2.45) is 4.52 Å². The molecule has 0 N–H and O–H groups in total. The summed E-state index contributed by atoms with van der Waals surface area (Å²) in [5.41, 5.74) is 0. The fourth-order valence-electron chi connectivity index (χ4n) is 1.77. The van der Waals surface area contributed by atoms with E-state index in [9.17, 15) is 0 Å². The minimum atomic E-state index is -1.52. The molecule has 0 spiro atoms. The minimum absolute atomic E-state index is 0.427. The molecular weight excluding hydrogens is 340 g/mol. The zero-order valence-electron chi connectivity index (χ0n) is 12.7. The topological polar surface area (TPSA) is 40.0 Å². The molecule has 0 radical (unpaired) electrons. The highest BCUT2D eigenvalue weighted by Crippen LogP contribution is 2.44. The summed E-state index contributed by atoms with van der Waals surface area (Å²) in [6.07, 6.45) is 0. The second-order valence-electron chi connectivity index (χ2n) is 4.62. The van der Waals surface area contributed by atoms with Crippen LogP contribution in [0.3, 0.4) is 0 Å². The normalized spacial score (nSPS) is 10.7. The lowest BCUT2D eigenvalue weighted by Gasteiger charge is -2.13. The number of hydrogen-bond donors (Lipinski definition) is 0. The maximum Gasteiger partial charge on any atom is 0.444 e. The number of para-hydroxylation sites is 3. The summed E-state index contributed by atoms with van der Waals surface area (Å²) in [6, 6.07) is 28.5. The third-order valence-corrected chi connectivity index (χ3v) is 4.76. The first-order chi connectivity index (χ1) is 11.9. The smallest absolute Gasteiger partial charge is 0.423 e. The van der Waals surface area contributed by atoms with E-state index in [4.69, 9.17) is 13.6 Å². The van der Waals surface area contributed by atoms with Gasteiger partial charge in [0, 0.05) is 0 Å². The summed E-state index contributed by atoms with van der Waals surface area (Å²) >= 11 is 0. The van der Waals surface area contributed by atoms with E-state index in [1.807, 2.05) is 91.0 Å². The molecule has 0 aliphatic carbocycles. The van der Waals surface area contributed by atoms with E-state index in [-0.39, 0.29) is 0 Å². The Morgan fingerprint density at radius 2 is 1.00 bits per heavy atom. The van der Waals surface area contributed by atoms with Crippen molar-refractivity contribution < 1.29 is 13.6 Å². The molecule has 0 saturated carbocycles. The molecule has 0 unspecified atom stereocenters. The van der Waals surface area contributed by atoms with Crippen molar-refractivity contribution in [3.05, 3.63) is 91.0 Å². The van der Waals surface area contributed by atoms with Gasteiger partial charge in [0.2, 0.25) is 0 Å². The molecule has 0 atom stereocenters. The van der Waals surface area contributed by atoms with Gasteiger partial charge in [-0.05, 0) is 36.4 Å². The predicted octanol–water partition coefficient (Wildman–Crippen LogP) is 6.50.